The van der Waals surface area contributed by atoms with Gasteiger partial charge < -0.3 is 0 Å². The van der Waals surface area contributed by atoms with E-state index in [1.807, 2.05) is 0 Å². The summed E-state index contributed by atoms with van der Waals surface area (Å²) in [6.07, 6.45) is 0. The minimum Gasteiger partial charge on any atom is -0.267 e. The molecule has 0 unspecified atom stereocenters. The maximum atomic E-state index is 13.7. The molecule has 0 aliphatic heterocycles. The van der Waals surface area contributed by atoms with Gasteiger partial charge in [-0.05, 0) is 50.2 Å². The molecule has 0 spiro atoms. The van der Waals surface area contributed by atoms with Crippen LogP contribution in [0.3, 0.4) is 0 Å². The minimum absolute atomic E-state index is 0.153. The average molecular weight is 486 g/mol. The molecule has 11 heteroatoms. The standard InChI is InChI=1S/C22H19N3O6S2/c1-14-6-10-16(11-7-14)32(28,29)25(33(30,31)17-12-8-15(2)9-13-17)19-5-3-4-18-20(19)22(27)24-23-21(18)26/h3-13H,1-2H3,(H,23,26)(H,24,27). The highest BCUT2D eigenvalue weighted by Gasteiger charge is 2.38. The van der Waals surface area contributed by atoms with Gasteiger partial charge in [-0.1, -0.05) is 41.5 Å². The zero-order valence-corrected chi connectivity index (χ0v) is 19.2. The number of hydrogen-bond donors (Lipinski definition) is 2. The van der Waals surface area contributed by atoms with Crippen molar-refractivity contribution in [2.24, 2.45) is 0 Å². The molecule has 0 saturated heterocycles. The van der Waals surface area contributed by atoms with E-state index in [0.29, 0.717) is 0 Å². The molecule has 0 amide bonds. The van der Waals surface area contributed by atoms with Crippen molar-refractivity contribution in [3.05, 3.63) is 98.6 Å². The smallest absolute Gasteiger partial charge is 0.267 e. The van der Waals surface area contributed by atoms with Gasteiger partial charge in [-0.15, -0.1) is 0 Å². The molecule has 0 atom stereocenters. The summed E-state index contributed by atoms with van der Waals surface area (Å²) >= 11 is 0. The first-order valence-corrected chi connectivity index (χ1v) is 12.6. The monoisotopic (exact) mass is 485 g/mol. The van der Waals surface area contributed by atoms with Gasteiger partial charge in [0, 0.05) is 0 Å². The molecule has 33 heavy (non-hydrogen) atoms. The molecular formula is C22H19N3O6S2. The van der Waals surface area contributed by atoms with Crippen molar-refractivity contribution in [3.63, 3.8) is 0 Å². The van der Waals surface area contributed by atoms with E-state index in [1.165, 1.54) is 66.7 Å². The van der Waals surface area contributed by atoms with Gasteiger partial charge in [-0.25, -0.2) is 16.8 Å². The molecule has 0 saturated carbocycles. The Labute approximate surface area is 189 Å². The van der Waals surface area contributed by atoms with Gasteiger partial charge in [0.05, 0.1) is 26.3 Å². The maximum Gasteiger partial charge on any atom is 0.277 e. The molecule has 4 rings (SSSR count). The van der Waals surface area contributed by atoms with Crippen LogP contribution in [-0.4, -0.2) is 27.0 Å². The summed E-state index contributed by atoms with van der Waals surface area (Å²) in [5, 5.41) is 3.76. The molecular weight excluding hydrogens is 466 g/mol. The van der Waals surface area contributed by atoms with E-state index in [-0.39, 0.29) is 24.3 Å². The number of nitrogens with zero attached hydrogens (tertiary/aromatic N) is 1. The highest BCUT2D eigenvalue weighted by Crippen LogP contribution is 2.34. The number of anilines is 1. The van der Waals surface area contributed by atoms with Crippen LogP contribution < -0.4 is 14.8 Å². The summed E-state index contributed by atoms with van der Waals surface area (Å²) in [5.74, 6) is 0. The molecule has 3 aromatic carbocycles. The van der Waals surface area contributed by atoms with Crippen LogP contribution in [-0.2, 0) is 20.0 Å². The van der Waals surface area contributed by atoms with Crippen molar-refractivity contribution in [1.29, 1.82) is 0 Å². The first kappa shape index (κ1) is 22.5. The molecule has 0 radical (unpaired) electrons. The lowest BCUT2D eigenvalue weighted by Crippen LogP contribution is -2.38. The Bertz CT molecular complexity index is 1610. The van der Waals surface area contributed by atoms with Crippen molar-refractivity contribution in [2.75, 3.05) is 3.71 Å². The van der Waals surface area contributed by atoms with E-state index in [9.17, 15) is 26.4 Å². The molecule has 0 aliphatic rings. The molecule has 2 N–H and O–H groups in total. The topological polar surface area (TPSA) is 137 Å². The number of hydrogen-bond acceptors (Lipinski definition) is 6. The number of aromatic amines is 2. The van der Waals surface area contributed by atoms with E-state index in [0.717, 1.165) is 11.1 Å². The van der Waals surface area contributed by atoms with Gasteiger partial charge >= 0.3 is 0 Å². The van der Waals surface area contributed by atoms with Crippen LogP contribution in [0.2, 0.25) is 0 Å². The first-order valence-electron chi connectivity index (χ1n) is 9.71. The zero-order valence-electron chi connectivity index (χ0n) is 17.6. The van der Waals surface area contributed by atoms with Gasteiger partial charge in [-0.2, -0.15) is 3.71 Å². The zero-order chi connectivity index (χ0) is 24.0. The molecule has 1 aromatic heterocycles. The second-order valence-electron chi connectivity index (χ2n) is 7.44. The highest BCUT2D eigenvalue weighted by molar-refractivity contribution is 8.10. The summed E-state index contributed by atoms with van der Waals surface area (Å²) in [6.45, 7) is 3.52. The van der Waals surface area contributed by atoms with E-state index in [2.05, 4.69) is 10.2 Å². The second kappa shape index (κ2) is 8.01. The van der Waals surface area contributed by atoms with E-state index < -0.39 is 36.9 Å². The van der Waals surface area contributed by atoms with Crippen molar-refractivity contribution in [1.82, 2.24) is 10.2 Å². The van der Waals surface area contributed by atoms with Gasteiger partial charge in [0.2, 0.25) is 0 Å². The Morgan fingerprint density at radius 3 is 1.58 bits per heavy atom. The van der Waals surface area contributed by atoms with E-state index in [4.69, 9.17) is 0 Å². The predicted molar refractivity (Wildman–Crippen MR) is 124 cm³/mol. The van der Waals surface area contributed by atoms with Crippen molar-refractivity contribution < 1.29 is 16.8 Å². The maximum absolute atomic E-state index is 13.7. The number of rotatable bonds is 5. The van der Waals surface area contributed by atoms with Crippen molar-refractivity contribution in [3.8, 4) is 0 Å². The molecule has 0 fully saturated rings. The number of nitrogens with one attached hydrogen (secondary N) is 2. The average Bonchev–Trinajstić information content (AvgIpc) is 2.77. The lowest BCUT2D eigenvalue weighted by Gasteiger charge is -2.25. The summed E-state index contributed by atoms with van der Waals surface area (Å²) < 4.78 is 55.1. The highest BCUT2D eigenvalue weighted by atomic mass is 32.3. The third kappa shape index (κ3) is 3.85. The predicted octanol–water partition coefficient (Wildman–Crippen LogP) is 2.42. The largest absolute Gasteiger partial charge is 0.277 e. The minimum atomic E-state index is -4.73. The van der Waals surface area contributed by atoms with Crippen molar-refractivity contribution >= 4 is 36.5 Å². The molecule has 9 nitrogen and oxygen atoms in total. The third-order valence-electron chi connectivity index (χ3n) is 5.07. The van der Waals surface area contributed by atoms with E-state index in [1.54, 1.807) is 13.8 Å². The van der Waals surface area contributed by atoms with Crippen LogP contribution in [0.5, 0.6) is 0 Å². The van der Waals surface area contributed by atoms with Crippen molar-refractivity contribution in [2.45, 2.75) is 23.6 Å². The van der Waals surface area contributed by atoms with Crippen LogP contribution >= 0.6 is 0 Å². The Morgan fingerprint density at radius 2 is 1.09 bits per heavy atom. The lowest BCUT2D eigenvalue weighted by atomic mass is 10.1. The quantitative estimate of drug-likeness (QED) is 0.445. The second-order valence-corrected chi connectivity index (χ2v) is 11.2. The number of H-pyrrole nitrogens is 2. The molecule has 0 aliphatic carbocycles. The summed E-state index contributed by atoms with van der Waals surface area (Å²) in [5.41, 5.74) is -0.457. The van der Waals surface area contributed by atoms with Crippen LogP contribution in [0.4, 0.5) is 5.69 Å². The molecule has 0 bridgehead atoms. The Balaban J connectivity index is 2.12. The van der Waals surface area contributed by atoms with Crippen LogP contribution in [0.25, 0.3) is 10.8 Å². The Morgan fingerprint density at radius 1 is 0.636 bits per heavy atom. The van der Waals surface area contributed by atoms with Gasteiger partial charge in [0.25, 0.3) is 31.2 Å². The number of aromatic nitrogens is 2. The Hall–Kier alpha value is -3.70. The molecule has 4 aromatic rings. The van der Waals surface area contributed by atoms with Gasteiger partial charge in [0.15, 0.2) is 0 Å². The Kier molecular flexibility index (Phi) is 5.46. The van der Waals surface area contributed by atoms with Crippen LogP contribution in [0.1, 0.15) is 11.1 Å². The summed E-state index contributed by atoms with van der Waals surface area (Å²) in [4.78, 5) is 24.3. The van der Waals surface area contributed by atoms with Gasteiger partial charge in [-0.3, -0.25) is 19.8 Å². The third-order valence-corrected chi connectivity index (χ3v) is 9.25. The first-order chi connectivity index (χ1) is 15.5. The lowest BCUT2D eigenvalue weighted by molar-refractivity contribution is 0.584. The van der Waals surface area contributed by atoms with Crippen LogP contribution in [0, 0.1) is 13.8 Å². The van der Waals surface area contributed by atoms with Gasteiger partial charge in [0.1, 0.15) is 0 Å². The summed E-state index contributed by atoms with van der Waals surface area (Å²) in [6, 6.07) is 15.1. The molecule has 1 heterocycles. The number of aryl methyl sites for hydroxylation is 2. The fourth-order valence-corrected chi connectivity index (χ4v) is 7.08. The molecule has 170 valence electrons. The number of fused-ring (bicyclic) bond motifs is 1. The number of benzene rings is 3. The summed E-state index contributed by atoms with van der Waals surface area (Å²) in [7, 11) is -9.46. The number of sulfonamides is 2. The SMILES string of the molecule is Cc1ccc(S(=O)(=O)N(c2cccc3c(=O)[nH][nH]c(=O)c23)S(=O)(=O)c2ccc(C)cc2)cc1. The fraction of sp³-hybridized carbons (Fsp3) is 0.0909. The van der Waals surface area contributed by atoms with Crippen LogP contribution in [0.15, 0.2) is 86.1 Å². The van der Waals surface area contributed by atoms with E-state index >= 15 is 0 Å². The normalized spacial score (nSPS) is 12.1. The fourth-order valence-electron chi connectivity index (χ4n) is 3.36.